The zero-order valence-corrected chi connectivity index (χ0v) is 12.4. The molecule has 0 aliphatic carbocycles. The van der Waals surface area contributed by atoms with Crippen molar-refractivity contribution in [3.05, 3.63) is 14.9 Å². The van der Waals surface area contributed by atoms with Crippen LogP contribution in [-0.2, 0) is 10.0 Å². The van der Waals surface area contributed by atoms with Crippen molar-refractivity contribution in [2.45, 2.75) is 11.1 Å². The van der Waals surface area contributed by atoms with Crippen LogP contribution in [0.1, 0.15) is 6.92 Å². The number of sulfonamides is 1. The van der Waals surface area contributed by atoms with Crippen molar-refractivity contribution in [2.75, 3.05) is 13.1 Å². The van der Waals surface area contributed by atoms with E-state index in [2.05, 4.69) is 21.9 Å². The predicted octanol–water partition coefficient (Wildman–Crippen LogP) is 2.81. The van der Waals surface area contributed by atoms with Crippen LogP contribution in [0.15, 0.2) is 14.1 Å². The number of halogens is 2. The quantitative estimate of drug-likeness (QED) is 0.789. The van der Waals surface area contributed by atoms with Crippen LogP contribution in [0, 0.1) is 12.3 Å². The first-order valence-electron chi connectivity index (χ1n) is 4.32. The monoisotopic (exact) mass is 341 g/mol. The largest absolute Gasteiger partial charge is 0.253 e. The summed E-state index contributed by atoms with van der Waals surface area (Å²) in [4.78, 5) is 0. The molecule has 0 bridgehead atoms. The van der Waals surface area contributed by atoms with Crippen molar-refractivity contribution in [1.29, 1.82) is 0 Å². The molecule has 1 aromatic rings. The molecule has 0 aromatic carbocycles. The Kier molecular flexibility index (Phi) is 4.83. The molecule has 0 radical (unpaired) electrons. The summed E-state index contributed by atoms with van der Waals surface area (Å²) in [6, 6.07) is 1.42. The van der Waals surface area contributed by atoms with E-state index in [0.717, 1.165) is 11.3 Å². The van der Waals surface area contributed by atoms with E-state index in [1.54, 1.807) is 6.92 Å². The second kappa shape index (κ2) is 5.52. The van der Waals surface area contributed by atoms with Crippen molar-refractivity contribution in [3.63, 3.8) is 0 Å². The lowest BCUT2D eigenvalue weighted by Crippen LogP contribution is -2.30. The molecule has 0 saturated heterocycles. The number of hydrogen-bond acceptors (Lipinski definition) is 3. The fraction of sp³-hybridized carbons (Fsp3) is 0.333. The zero-order valence-electron chi connectivity index (χ0n) is 8.41. The summed E-state index contributed by atoms with van der Waals surface area (Å²) >= 11 is 10.1. The van der Waals surface area contributed by atoms with Gasteiger partial charge < -0.3 is 0 Å². The van der Waals surface area contributed by atoms with Gasteiger partial charge in [0.15, 0.2) is 0 Å². The maximum atomic E-state index is 12.1. The molecule has 0 aliphatic heterocycles. The van der Waals surface area contributed by atoms with Gasteiger partial charge in [-0.15, -0.1) is 17.8 Å². The molecule has 0 spiro atoms. The predicted molar refractivity (Wildman–Crippen MR) is 70.3 cm³/mol. The summed E-state index contributed by atoms with van der Waals surface area (Å²) in [5.41, 5.74) is 0. The van der Waals surface area contributed by atoms with E-state index in [0.29, 0.717) is 15.4 Å². The number of thiophene rings is 1. The minimum Gasteiger partial charge on any atom is -0.206 e. The van der Waals surface area contributed by atoms with Crippen LogP contribution in [-0.4, -0.2) is 25.8 Å². The van der Waals surface area contributed by atoms with Gasteiger partial charge in [-0.05, 0) is 22.0 Å². The van der Waals surface area contributed by atoms with E-state index in [-0.39, 0.29) is 10.8 Å². The molecule has 0 fully saturated rings. The minimum absolute atomic E-state index is 0.0615. The summed E-state index contributed by atoms with van der Waals surface area (Å²) in [7, 11) is -3.52. The Morgan fingerprint density at radius 3 is 2.69 bits per heavy atom. The van der Waals surface area contributed by atoms with Gasteiger partial charge in [-0.2, -0.15) is 4.31 Å². The molecular formula is C9H9BrClNO2S2. The zero-order chi connectivity index (χ0) is 12.3. The van der Waals surface area contributed by atoms with E-state index < -0.39 is 10.0 Å². The third-order valence-corrected chi connectivity index (χ3v) is 6.68. The van der Waals surface area contributed by atoms with E-state index in [1.807, 2.05) is 0 Å². The van der Waals surface area contributed by atoms with Gasteiger partial charge >= 0.3 is 0 Å². The van der Waals surface area contributed by atoms with Gasteiger partial charge in [0, 0.05) is 6.54 Å². The van der Waals surface area contributed by atoms with Crippen LogP contribution >= 0.6 is 38.9 Å². The maximum absolute atomic E-state index is 12.1. The van der Waals surface area contributed by atoms with Gasteiger partial charge in [-0.25, -0.2) is 8.42 Å². The summed E-state index contributed by atoms with van der Waals surface area (Å²) in [5, 5.41) is 0.389. The lowest BCUT2D eigenvalue weighted by atomic mass is 10.6. The van der Waals surface area contributed by atoms with Crippen LogP contribution < -0.4 is 0 Å². The average molecular weight is 343 g/mol. The molecule has 0 unspecified atom stereocenters. The minimum atomic E-state index is -3.52. The van der Waals surface area contributed by atoms with Gasteiger partial charge in [-0.1, -0.05) is 24.4 Å². The Balaban J connectivity index is 3.15. The lowest BCUT2D eigenvalue weighted by Gasteiger charge is -2.16. The summed E-state index contributed by atoms with van der Waals surface area (Å²) in [6.45, 7) is 2.13. The normalized spacial score (nSPS) is 11.7. The van der Waals surface area contributed by atoms with Crippen LogP contribution in [0.3, 0.4) is 0 Å². The molecule has 88 valence electrons. The van der Waals surface area contributed by atoms with Crippen molar-refractivity contribution in [3.8, 4) is 12.3 Å². The van der Waals surface area contributed by atoms with Gasteiger partial charge in [0.05, 0.1) is 15.4 Å². The molecule has 0 amide bonds. The molecular weight excluding hydrogens is 334 g/mol. The second-order valence-corrected chi connectivity index (χ2v) is 7.76. The molecule has 0 saturated carbocycles. The Morgan fingerprint density at radius 2 is 2.31 bits per heavy atom. The van der Waals surface area contributed by atoms with Gasteiger partial charge in [0.2, 0.25) is 0 Å². The molecule has 16 heavy (non-hydrogen) atoms. The number of nitrogens with zero attached hydrogens (tertiary/aromatic N) is 1. The van der Waals surface area contributed by atoms with E-state index in [9.17, 15) is 8.42 Å². The standard InChI is InChI=1S/C9H9BrClNO2S2/c1-3-5-12(4-2)16(13,14)8-6-7(11)9(10)15-8/h1,6H,4-5H2,2H3. The van der Waals surface area contributed by atoms with E-state index in [4.69, 9.17) is 18.0 Å². The van der Waals surface area contributed by atoms with Gasteiger partial charge in [-0.3, -0.25) is 0 Å². The average Bonchev–Trinajstić information content (AvgIpc) is 2.56. The highest BCUT2D eigenvalue weighted by Gasteiger charge is 2.25. The first-order valence-corrected chi connectivity index (χ1v) is 7.74. The molecule has 0 N–H and O–H groups in total. The molecule has 3 nitrogen and oxygen atoms in total. The summed E-state index contributed by atoms with van der Waals surface area (Å²) in [6.07, 6.45) is 5.13. The summed E-state index contributed by atoms with van der Waals surface area (Å²) in [5.74, 6) is 2.32. The highest BCUT2D eigenvalue weighted by molar-refractivity contribution is 9.11. The van der Waals surface area contributed by atoms with E-state index in [1.165, 1.54) is 10.4 Å². The number of terminal acetylenes is 1. The Hall–Kier alpha value is -0.0600. The van der Waals surface area contributed by atoms with Gasteiger partial charge in [0.25, 0.3) is 10.0 Å². The van der Waals surface area contributed by atoms with Crippen molar-refractivity contribution < 1.29 is 8.42 Å². The lowest BCUT2D eigenvalue weighted by molar-refractivity contribution is 0.466. The second-order valence-electron chi connectivity index (χ2n) is 2.82. The Morgan fingerprint density at radius 1 is 1.69 bits per heavy atom. The van der Waals surface area contributed by atoms with Crippen molar-refractivity contribution in [2.24, 2.45) is 0 Å². The third-order valence-electron chi connectivity index (χ3n) is 1.84. The Labute approximate surface area is 113 Å². The molecule has 0 aliphatic rings. The summed E-state index contributed by atoms with van der Waals surface area (Å²) < 4.78 is 26.2. The molecule has 1 aromatic heterocycles. The Bertz CT molecular complexity index is 499. The van der Waals surface area contributed by atoms with Gasteiger partial charge in [0.1, 0.15) is 4.21 Å². The molecule has 7 heteroatoms. The SMILES string of the molecule is C#CCN(CC)S(=O)(=O)c1cc(Cl)c(Br)s1. The topological polar surface area (TPSA) is 37.4 Å². The van der Waals surface area contributed by atoms with Crippen molar-refractivity contribution in [1.82, 2.24) is 4.31 Å². The van der Waals surface area contributed by atoms with Crippen molar-refractivity contribution >= 4 is 48.9 Å². The van der Waals surface area contributed by atoms with Crippen LogP contribution in [0.5, 0.6) is 0 Å². The molecule has 1 rings (SSSR count). The smallest absolute Gasteiger partial charge is 0.206 e. The van der Waals surface area contributed by atoms with Crippen LogP contribution in [0.25, 0.3) is 0 Å². The fourth-order valence-electron chi connectivity index (χ4n) is 1.05. The molecule has 0 atom stereocenters. The van der Waals surface area contributed by atoms with E-state index >= 15 is 0 Å². The molecule has 1 heterocycles. The fourth-order valence-corrected chi connectivity index (χ4v) is 4.97. The highest BCUT2D eigenvalue weighted by atomic mass is 79.9. The van der Waals surface area contributed by atoms with Crippen LogP contribution in [0.4, 0.5) is 0 Å². The first kappa shape index (κ1) is 14.0. The highest BCUT2D eigenvalue weighted by Crippen LogP contribution is 2.35. The number of rotatable bonds is 4. The number of hydrogen-bond donors (Lipinski definition) is 0. The third kappa shape index (κ3) is 2.79. The van der Waals surface area contributed by atoms with Crippen LogP contribution in [0.2, 0.25) is 5.02 Å². The maximum Gasteiger partial charge on any atom is 0.253 e. The first-order chi connectivity index (χ1) is 7.43.